The summed E-state index contributed by atoms with van der Waals surface area (Å²) in [7, 11) is 1.78. The second-order valence-corrected chi connectivity index (χ2v) is 5.32. The lowest BCUT2D eigenvalue weighted by Crippen LogP contribution is -2.38. The van der Waals surface area contributed by atoms with Gasteiger partial charge in [-0.25, -0.2) is 0 Å². The number of guanidine groups is 1. The molecule has 20 heavy (non-hydrogen) atoms. The molecule has 0 bridgehead atoms. The number of rotatable bonds is 5. The molecule has 5 heteroatoms. The lowest BCUT2D eigenvalue weighted by atomic mass is 10.2. The highest BCUT2D eigenvalue weighted by Crippen LogP contribution is 2.11. The van der Waals surface area contributed by atoms with Gasteiger partial charge in [0.25, 0.3) is 0 Å². The summed E-state index contributed by atoms with van der Waals surface area (Å²) in [6, 6.07) is 12.3. The van der Waals surface area contributed by atoms with Gasteiger partial charge in [-0.15, -0.1) is 0 Å². The van der Waals surface area contributed by atoms with Gasteiger partial charge in [-0.2, -0.15) is 0 Å². The van der Waals surface area contributed by atoms with Gasteiger partial charge in [-0.1, -0.05) is 28.1 Å². The number of aromatic nitrogens is 1. The summed E-state index contributed by atoms with van der Waals surface area (Å²) in [6.07, 6.45) is 4.11. The number of hydrogen-bond donors (Lipinski definition) is 2. The van der Waals surface area contributed by atoms with Crippen molar-refractivity contribution in [3.05, 3.63) is 58.8 Å². The molecule has 1 aromatic carbocycles. The molecule has 2 aromatic rings. The summed E-state index contributed by atoms with van der Waals surface area (Å²) in [5.41, 5.74) is 1.22. The van der Waals surface area contributed by atoms with Crippen molar-refractivity contribution in [2.75, 3.05) is 13.6 Å². The first-order valence-electron chi connectivity index (χ1n) is 6.57. The second-order valence-electron chi connectivity index (χ2n) is 4.40. The van der Waals surface area contributed by atoms with E-state index in [2.05, 4.69) is 60.6 Å². The van der Waals surface area contributed by atoms with Gasteiger partial charge in [-0.05, 0) is 29.8 Å². The zero-order valence-electron chi connectivity index (χ0n) is 11.5. The van der Waals surface area contributed by atoms with E-state index in [0.717, 1.165) is 30.1 Å². The number of benzene rings is 1. The highest BCUT2D eigenvalue weighted by atomic mass is 79.9. The van der Waals surface area contributed by atoms with Crippen LogP contribution in [0.2, 0.25) is 0 Å². The Bertz CT molecular complexity index is 549. The fourth-order valence-electron chi connectivity index (χ4n) is 1.88. The summed E-state index contributed by atoms with van der Waals surface area (Å²) in [5.74, 6) is 0.817. The van der Waals surface area contributed by atoms with Gasteiger partial charge < -0.3 is 15.2 Å². The molecule has 0 amide bonds. The Kier molecular flexibility index (Phi) is 5.68. The first kappa shape index (κ1) is 14.7. The highest BCUT2D eigenvalue weighted by Gasteiger charge is 1.98. The molecule has 0 atom stereocenters. The normalized spacial score (nSPS) is 11.4. The molecule has 0 unspecified atom stereocenters. The number of nitrogens with zero attached hydrogens (tertiary/aromatic N) is 2. The van der Waals surface area contributed by atoms with Crippen LogP contribution in [-0.4, -0.2) is 24.1 Å². The predicted octanol–water partition coefficient (Wildman–Crippen LogP) is 2.62. The Labute approximate surface area is 128 Å². The molecule has 1 heterocycles. The zero-order valence-corrected chi connectivity index (χ0v) is 13.1. The molecule has 106 valence electrons. The Morgan fingerprint density at radius 2 is 2.00 bits per heavy atom. The Morgan fingerprint density at radius 3 is 2.70 bits per heavy atom. The van der Waals surface area contributed by atoms with E-state index in [1.807, 2.05) is 24.3 Å². The minimum Gasteiger partial charge on any atom is -0.355 e. The van der Waals surface area contributed by atoms with Gasteiger partial charge in [-0.3, -0.25) is 4.99 Å². The van der Waals surface area contributed by atoms with E-state index < -0.39 is 0 Å². The number of hydrogen-bond acceptors (Lipinski definition) is 1. The molecule has 0 aliphatic heterocycles. The first-order valence-corrected chi connectivity index (χ1v) is 7.37. The van der Waals surface area contributed by atoms with E-state index >= 15 is 0 Å². The maximum absolute atomic E-state index is 4.22. The van der Waals surface area contributed by atoms with Gasteiger partial charge in [0, 0.05) is 43.5 Å². The molecule has 0 fully saturated rings. The fraction of sp³-hybridized carbons (Fsp3) is 0.267. The van der Waals surface area contributed by atoms with Crippen LogP contribution in [0.3, 0.4) is 0 Å². The standard InChI is InChI=1S/C15H19BrN4/c1-17-15(18-7-10-20-8-2-3-9-20)19-12-13-5-4-6-14(16)11-13/h2-6,8-9,11H,7,10,12H2,1H3,(H2,17,18,19). The van der Waals surface area contributed by atoms with E-state index in [0.29, 0.717) is 0 Å². The van der Waals surface area contributed by atoms with Crippen LogP contribution in [0.1, 0.15) is 5.56 Å². The van der Waals surface area contributed by atoms with Crippen molar-refractivity contribution < 1.29 is 0 Å². The average molecular weight is 335 g/mol. The third-order valence-corrected chi connectivity index (χ3v) is 3.39. The van der Waals surface area contributed by atoms with Crippen LogP contribution in [0.25, 0.3) is 0 Å². The topological polar surface area (TPSA) is 41.4 Å². The molecule has 0 aliphatic rings. The molecule has 0 radical (unpaired) electrons. The molecule has 0 saturated heterocycles. The van der Waals surface area contributed by atoms with Crippen molar-refractivity contribution in [1.29, 1.82) is 0 Å². The van der Waals surface area contributed by atoms with Crippen LogP contribution in [0.15, 0.2) is 58.3 Å². The molecule has 1 aromatic heterocycles. The van der Waals surface area contributed by atoms with Gasteiger partial charge >= 0.3 is 0 Å². The zero-order chi connectivity index (χ0) is 14.2. The summed E-state index contributed by atoms with van der Waals surface area (Å²) in [6.45, 7) is 2.51. The molecular formula is C15H19BrN4. The van der Waals surface area contributed by atoms with Crippen LogP contribution < -0.4 is 10.6 Å². The minimum atomic E-state index is 0.753. The van der Waals surface area contributed by atoms with Gasteiger partial charge in [0.05, 0.1) is 0 Å². The van der Waals surface area contributed by atoms with Crippen molar-refractivity contribution in [1.82, 2.24) is 15.2 Å². The summed E-state index contributed by atoms with van der Waals surface area (Å²) in [4.78, 5) is 4.22. The Balaban J connectivity index is 1.75. The van der Waals surface area contributed by atoms with Crippen molar-refractivity contribution >= 4 is 21.9 Å². The monoisotopic (exact) mass is 334 g/mol. The van der Waals surface area contributed by atoms with Crippen LogP contribution in [0.5, 0.6) is 0 Å². The number of halogens is 1. The van der Waals surface area contributed by atoms with Crippen molar-refractivity contribution in [2.24, 2.45) is 4.99 Å². The summed E-state index contributed by atoms with van der Waals surface area (Å²) < 4.78 is 3.22. The van der Waals surface area contributed by atoms with E-state index in [4.69, 9.17) is 0 Å². The second kappa shape index (κ2) is 7.75. The lowest BCUT2D eigenvalue weighted by molar-refractivity contribution is 0.665. The van der Waals surface area contributed by atoms with Crippen LogP contribution in [-0.2, 0) is 13.1 Å². The Morgan fingerprint density at radius 1 is 1.20 bits per heavy atom. The number of nitrogens with one attached hydrogen (secondary N) is 2. The molecule has 0 spiro atoms. The molecule has 2 N–H and O–H groups in total. The SMILES string of the molecule is CN=C(NCCn1cccc1)NCc1cccc(Br)c1. The largest absolute Gasteiger partial charge is 0.355 e. The maximum atomic E-state index is 4.22. The van der Waals surface area contributed by atoms with Crippen LogP contribution in [0, 0.1) is 0 Å². The highest BCUT2D eigenvalue weighted by molar-refractivity contribution is 9.10. The van der Waals surface area contributed by atoms with Gasteiger partial charge in [0.15, 0.2) is 5.96 Å². The van der Waals surface area contributed by atoms with Gasteiger partial charge in [0.1, 0.15) is 0 Å². The quantitative estimate of drug-likeness (QED) is 0.651. The third kappa shape index (κ3) is 4.74. The van der Waals surface area contributed by atoms with Gasteiger partial charge in [0.2, 0.25) is 0 Å². The fourth-order valence-corrected chi connectivity index (χ4v) is 2.32. The van der Waals surface area contributed by atoms with E-state index in [1.54, 1.807) is 7.05 Å². The maximum Gasteiger partial charge on any atom is 0.191 e. The Hall–Kier alpha value is -1.75. The minimum absolute atomic E-state index is 0.753. The predicted molar refractivity (Wildman–Crippen MR) is 86.8 cm³/mol. The van der Waals surface area contributed by atoms with Crippen LogP contribution in [0.4, 0.5) is 0 Å². The molecule has 2 rings (SSSR count). The van der Waals surface area contributed by atoms with Crippen molar-refractivity contribution in [2.45, 2.75) is 13.1 Å². The van der Waals surface area contributed by atoms with E-state index in [-0.39, 0.29) is 0 Å². The molecular weight excluding hydrogens is 316 g/mol. The first-order chi connectivity index (χ1) is 9.78. The van der Waals surface area contributed by atoms with E-state index in [1.165, 1.54) is 5.56 Å². The summed E-state index contributed by atoms with van der Waals surface area (Å²) >= 11 is 3.47. The van der Waals surface area contributed by atoms with Crippen molar-refractivity contribution in [3.63, 3.8) is 0 Å². The average Bonchev–Trinajstić information content (AvgIpc) is 2.96. The van der Waals surface area contributed by atoms with Crippen LogP contribution >= 0.6 is 15.9 Å². The van der Waals surface area contributed by atoms with Crippen molar-refractivity contribution in [3.8, 4) is 0 Å². The lowest BCUT2D eigenvalue weighted by Gasteiger charge is -2.12. The molecule has 0 saturated carbocycles. The third-order valence-electron chi connectivity index (χ3n) is 2.90. The smallest absolute Gasteiger partial charge is 0.191 e. The molecule has 4 nitrogen and oxygen atoms in total. The summed E-state index contributed by atoms with van der Waals surface area (Å²) in [5, 5.41) is 6.60. The molecule has 0 aliphatic carbocycles. The number of aliphatic imine (C=N–C) groups is 1. The van der Waals surface area contributed by atoms with E-state index in [9.17, 15) is 0 Å².